The summed E-state index contributed by atoms with van der Waals surface area (Å²) in [6.45, 7) is 6.82. The lowest BCUT2D eigenvalue weighted by molar-refractivity contribution is 0.590. The highest BCUT2D eigenvalue weighted by Crippen LogP contribution is 2.48. The van der Waals surface area contributed by atoms with E-state index in [1.54, 1.807) is 0 Å². The summed E-state index contributed by atoms with van der Waals surface area (Å²) in [4.78, 5) is 1.30. The molecule has 1 N–H and O–H groups in total. The van der Waals surface area contributed by atoms with Crippen molar-refractivity contribution in [3.8, 4) is 38.4 Å². The van der Waals surface area contributed by atoms with E-state index in [2.05, 4.69) is 213 Å². The van der Waals surface area contributed by atoms with Crippen molar-refractivity contribution < 1.29 is 4.42 Å². The van der Waals surface area contributed by atoms with Crippen molar-refractivity contribution in [2.45, 2.75) is 26.2 Å². The van der Waals surface area contributed by atoms with Gasteiger partial charge in [0, 0.05) is 96.5 Å². The molecule has 0 bridgehead atoms. The molecule has 6 heteroatoms. The Labute approximate surface area is 390 Å². The van der Waals surface area contributed by atoms with Gasteiger partial charge in [0.05, 0.1) is 5.52 Å². The molecule has 0 spiro atoms. The van der Waals surface area contributed by atoms with E-state index in [9.17, 15) is 0 Å². The molecule has 3 nitrogen and oxygen atoms in total. The number of benzene rings is 9. The van der Waals surface area contributed by atoms with Crippen LogP contribution in [0.4, 0.5) is 11.4 Å². The SMILES string of the molecule is CC(C)(C)c1ccc(Nc2cc3sc4ccccc4c3cc2-c2ccc3c4cc5c(cc4n4c3c2Bc2cc3sc(-c6ccccc6)c(-c6ccccc6)c3cc2-4)oc2ccccc25)cc1. The van der Waals surface area contributed by atoms with Crippen LogP contribution in [0.3, 0.4) is 0 Å². The van der Waals surface area contributed by atoms with E-state index in [0.29, 0.717) is 0 Å². The van der Waals surface area contributed by atoms with Crippen molar-refractivity contribution in [2.75, 3.05) is 5.32 Å². The summed E-state index contributed by atoms with van der Waals surface area (Å²) in [5, 5.41) is 12.6. The highest BCUT2D eigenvalue weighted by atomic mass is 32.1. The number of hydrogen-bond acceptors (Lipinski definition) is 4. The van der Waals surface area contributed by atoms with Crippen LogP contribution in [0, 0.1) is 0 Å². The molecule has 0 saturated carbocycles. The first kappa shape index (κ1) is 37.9. The van der Waals surface area contributed by atoms with E-state index in [4.69, 9.17) is 4.42 Å². The smallest absolute Gasteiger partial charge is 0.198 e. The van der Waals surface area contributed by atoms with Gasteiger partial charge in [-0.1, -0.05) is 148 Å². The first-order valence-corrected chi connectivity index (χ1v) is 24.4. The number of rotatable bonds is 5. The Kier molecular flexibility index (Phi) is 8.09. The molecule has 9 aromatic carbocycles. The van der Waals surface area contributed by atoms with Crippen molar-refractivity contribution in [1.29, 1.82) is 0 Å². The zero-order valence-electron chi connectivity index (χ0n) is 36.7. The summed E-state index contributed by atoms with van der Waals surface area (Å²) < 4.78 is 13.1. The highest BCUT2D eigenvalue weighted by molar-refractivity contribution is 7.26. The molecule has 312 valence electrons. The molecule has 0 radical (unpaired) electrons. The first-order chi connectivity index (χ1) is 32.3. The number of anilines is 2. The summed E-state index contributed by atoms with van der Waals surface area (Å²) in [6, 6.07) is 67.4. The second-order valence-electron chi connectivity index (χ2n) is 18.9. The molecule has 0 fully saturated rings. The van der Waals surface area contributed by atoms with Crippen LogP contribution in [0.5, 0.6) is 0 Å². The maximum atomic E-state index is 6.63. The summed E-state index contributed by atoms with van der Waals surface area (Å²) in [6.07, 6.45) is 0. The minimum atomic E-state index is 0.0725. The first-order valence-electron chi connectivity index (χ1n) is 22.8. The Bertz CT molecular complexity index is 4130. The van der Waals surface area contributed by atoms with E-state index >= 15 is 0 Å². The predicted octanol–water partition coefficient (Wildman–Crippen LogP) is 16.0. The van der Waals surface area contributed by atoms with E-state index in [1.807, 2.05) is 22.7 Å². The van der Waals surface area contributed by atoms with E-state index in [0.717, 1.165) is 46.1 Å². The molecule has 1 aliphatic heterocycles. The van der Waals surface area contributed by atoms with Gasteiger partial charge in [0.15, 0.2) is 7.28 Å². The lowest BCUT2D eigenvalue weighted by Gasteiger charge is -2.24. The fraction of sp³-hybridized carbons (Fsp3) is 0.0667. The minimum absolute atomic E-state index is 0.0725. The normalized spacial score (nSPS) is 12.6. The Morgan fingerprint density at radius 1 is 0.515 bits per heavy atom. The molecule has 0 amide bonds. The van der Waals surface area contributed by atoms with Crippen LogP contribution in [0.15, 0.2) is 186 Å². The standard InChI is InChI=1S/C60H41BN2OS2/c1-60(2,3)36-22-24-37(25-23-36)62-48-32-55-45(39-19-11-13-21-53(39)65-55)28-42(48)40-26-27-41-43-29-44-38-18-10-12-20-51(38)64-52(44)33-49(43)63-50-30-46-54(31-47(50)61-57(40)58(41)63)66-59(35-16-8-5-9-17-35)56(46)34-14-6-4-7-15-34/h4-33,61-62H,1-3H3. The van der Waals surface area contributed by atoms with Crippen molar-refractivity contribution in [3.05, 3.63) is 188 Å². The molecule has 66 heavy (non-hydrogen) atoms. The lowest BCUT2D eigenvalue weighted by atomic mass is 9.59. The van der Waals surface area contributed by atoms with Gasteiger partial charge in [-0.3, -0.25) is 0 Å². The Morgan fingerprint density at radius 2 is 1.24 bits per heavy atom. The molecule has 1 aliphatic rings. The second-order valence-corrected chi connectivity index (χ2v) is 21.1. The van der Waals surface area contributed by atoms with Crippen LogP contribution in [-0.2, 0) is 5.41 Å². The van der Waals surface area contributed by atoms with Crippen LogP contribution in [0.1, 0.15) is 26.3 Å². The molecular formula is C60H41BN2OS2. The quantitative estimate of drug-likeness (QED) is 0.175. The lowest BCUT2D eigenvalue weighted by Crippen LogP contribution is -2.37. The van der Waals surface area contributed by atoms with Gasteiger partial charge in [-0.25, -0.2) is 0 Å². The summed E-state index contributed by atoms with van der Waals surface area (Å²) in [5.41, 5.74) is 17.9. The number of fused-ring (bicyclic) bond motifs is 12. The van der Waals surface area contributed by atoms with Crippen LogP contribution >= 0.6 is 22.7 Å². The maximum absolute atomic E-state index is 6.63. The number of nitrogens with zero attached hydrogens (tertiary/aromatic N) is 1. The molecule has 0 atom stereocenters. The van der Waals surface area contributed by atoms with Crippen LogP contribution in [0.25, 0.3) is 112 Å². The van der Waals surface area contributed by atoms with Gasteiger partial charge in [0.25, 0.3) is 0 Å². The van der Waals surface area contributed by atoms with Gasteiger partial charge < -0.3 is 14.3 Å². The third kappa shape index (κ3) is 5.68. The summed E-state index contributed by atoms with van der Waals surface area (Å²) >= 11 is 3.77. The molecule has 13 aromatic rings. The Hall–Kier alpha value is -7.38. The molecule has 0 unspecified atom stereocenters. The van der Waals surface area contributed by atoms with Gasteiger partial charge in [-0.05, 0) is 87.7 Å². The molecule has 0 aliphatic carbocycles. The number of nitrogens with one attached hydrogen (secondary N) is 1. The van der Waals surface area contributed by atoms with Crippen molar-refractivity contribution in [1.82, 2.24) is 4.57 Å². The third-order valence-electron chi connectivity index (χ3n) is 14.0. The van der Waals surface area contributed by atoms with Gasteiger partial charge in [-0.2, -0.15) is 0 Å². The number of thiophene rings is 2. The Balaban J connectivity index is 1.07. The predicted molar refractivity (Wildman–Crippen MR) is 287 cm³/mol. The van der Waals surface area contributed by atoms with E-state index in [1.165, 1.54) is 101 Å². The molecule has 4 aromatic heterocycles. The minimum Gasteiger partial charge on any atom is -0.456 e. The van der Waals surface area contributed by atoms with Gasteiger partial charge >= 0.3 is 0 Å². The number of hydrogen-bond donors (Lipinski definition) is 1. The zero-order valence-corrected chi connectivity index (χ0v) is 38.3. The highest BCUT2D eigenvalue weighted by Gasteiger charge is 2.30. The average Bonchev–Trinajstić information content (AvgIpc) is 4.10. The topological polar surface area (TPSA) is 30.1 Å². The fourth-order valence-electron chi connectivity index (χ4n) is 10.8. The van der Waals surface area contributed by atoms with Crippen molar-refractivity contribution in [3.63, 3.8) is 0 Å². The number of aromatic nitrogens is 1. The van der Waals surface area contributed by atoms with Crippen LogP contribution in [-0.4, -0.2) is 11.8 Å². The third-order valence-corrected chi connectivity index (χ3v) is 16.3. The number of furan rings is 1. The van der Waals surface area contributed by atoms with Crippen molar-refractivity contribution in [2.24, 2.45) is 0 Å². The molecular weight excluding hydrogens is 840 g/mol. The number of para-hydroxylation sites is 1. The molecule has 14 rings (SSSR count). The maximum Gasteiger partial charge on any atom is 0.198 e. The zero-order chi connectivity index (χ0) is 43.8. The van der Waals surface area contributed by atoms with Crippen LogP contribution < -0.4 is 16.2 Å². The monoisotopic (exact) mass is 880 g/mol. The second kappa shape index (κ2) is 14.1. The summed E-state index contributed by atoms with van der Waals surface area (Å²) in [5.74, 6) is 0. The Morgan fingerprint density at radius 3 is 2.05 bits per heavy atom. The van der Waals surface area contributed by atoms with Crippen LogP contribution in [0.2, 0.25) is 0 Å². The van der Waals surface area contributed by atoms with Gasteiger partial charge in [0.2, 0.25) is 0 Å². The van der Waals surface area contributed by atoms with Crippen molar-refractivity contribution >= 4 is 126 Å². The molecule has 5 heterocycles. The molecule has 0 saturated heterocycles. The van der Waals surface area contributed by atoms with Gasteiger partial charge in [0.1, 0.15) is 11.2 Å². The summed E-state index contributed by atoms with van der Waals surface area (Å²) in [7, 11) is 0.800. The van der Waals surface area contributed by atoms with E-state index < -0.39 is 0 Å². The fourth-order valence-corrected chi connectivity index (χ4v) is 13.2. The largest absolute Gasteiger partial charge is 0.456 e. The van der Waals surface area contributed by atoms with Gasteiger partial charge in [-0.15, -0.1) is 22.7 Å². The van der Waals surface area contributed by atoms with E-state index in [-0.39, 0.29) is 5.41 Å². The average molecular weight is 881 g/mol.